The van der Waals surface area contributed by atoms with Crippen LogP contribution >= 0.6 is 0 Å². The Kier molecular flexibility index (Phi) is 8.61. The number of rotatable bonds is 9. The normalized spacial score (nSPS) is 11.5. The molecule has 0 aliphatic carbocycles. The lowest BCUT2D eigenvalue weighted by Gasteiger charge is -2.27. The van der Waals surface area contributed by atoms with Gasteiger partial charge < -0.3 is 20.3 Å². The van der Waals surface area contributed by atoms with E-state index in [4.69, 9.17) is 4.74 Å². The number of nitrogens with one attached hydrogen (secondary N) is 2. The molecule has 2 aromatic rings. The molecule has 0 aromatic heterocycles. The summed E-state index contributed by atoms with van der Waals surface area (Å²) >= 11 is 0. The number of likely N-dealkylation sites (N-methyl/N-ethyl adjacent to an activating group) is 1. The number of hydrogen-bond acceptors (Lipinski definition) is 4. The zero-order valence-electron chi connectivity index (χ0n) is 18.8. The van der Waals surface area contributed by atoms with Gasteiger partial charge in [0, 0.05) is 26.2 Å². The van der Waals surface area contributed by atoms with Crippen molar-refractivity contribution in [1.82, 2.24) is 15.5 Å². The van der Waals surface area contributed by atoms with E-state index < -0.39 is 6.04 Å². The van der Waals surface area contributed by atoms with Crippen LogP contribution in [-0.2, 0) is 11.3 Å². The third kappa shape index (κ3) is 6.31. The molecule has 0 heterocycles. The number of benzene rings is 2. The van der Waals surface area contributed by atoms with E-state index in [2.05, 4.69) is 10.6 Å². The maximum atomic E-state index is 13.1. The summed E-state index contributed by atoms with van der Waals surface area (Å²) in [4.78, 5) is 39.2. The van der Waals surface area contributed by atoms with E-state index in [0.29, 0.717) is 30.0 Å². The standard InChI is InChI=1S/C24H31N3O4/c1-6-31-20-10-8-7-9-19(20)23(29)26-21(16(2)3)24(30)27(5)15-17-11-13-18(14-12-17)22(28)25-4/h7-14,16,21H,6,15H2,1-5H3,(H,25,28)(H,26,29)/t21-/m0/s1. The van der Waals surface area contributed by atoms with E-state index in [1.807, 2.05) is 32.9 Å². The molecule has 0 saturated heterocycles. The van der Waals surface area contributed by atoms with Crippen molar-refractivity contribution in [2.24, 2.45) is 5.92 Å². The van der Waals surface area contributed by atoms with Crippen LogP contribution in [0.2, 0.25) is 0 Å². The maximum Gasteiger partial charge on any atom is 0.255 e. The Morgan fingerprint density at radius 2 is 1.65 bits per heavy atom. The van der Waals surface area contributed by atoms with E-state index >= 15 is 0 Å². The number of para-hydroxylation sites is 1. The first kappa shape index (κ1) is 23.9. The van der Waals surface area contributed by atoms with Gasteiger partial charge in [-0.25, -0.2) is 0 Å². The number of nitrogens with zero attached hydrogens (tertiary/aromatic N) is 1. The highest BCUT2D eigenvalue weighted by molar-refractivity contribution is 5.99. The Labute approximate surface area is 183 Å². The van der Waals surface area contributed by atoms with Crippen LogP contribution in [0, 0.1) is 5.92 Å². The first-order valence-corrected chi connectivity index (χ1v) is 10.4. The maximum absolute atomic E-state index is 13.1. The predicted octanol–water partition coefficient (Wildman–Crippen LogP) is 2.86. The Balaban J connectivity index is 2.11. The molecule has 2 rings (SSSR count). The molecule has 166 valence electrons. The zero-order valence-corrected chi connectivity index (χ0v) is 18.8. The van der Waals surface area contributed by atoms with E-state index in [-0.39, 0.29) is 23.6 Å². The van der Waals surface area contributed by atoms with Crippen LogP contribution in [0.1, 0.15) is 47.1 Å². The molecular formula is C24H31N3O4. The van der Waals surface area contributed by atoms with E-state index in [0.717, 1.165) is 5.56 Å². The van der Waals surface area contributed by atoms with E-state index in [1.165, 1.54) is 0 Å². The van der Waals surface area contributed by atoms with Crippen molar-refractivity contribution in [1.29, 1.82) is 0 Å². The molecule has 0 spiro atoms. The van der Waals surface area contributed by atoms with Crippen molar-refractivity contribution < 1.29 is 19.1 Å². The van der Waals surface area contributed by atoms with Gasteiger partial charge in [0.2, 0.25) is 5.91 Å². The molecular weight excluding hydrogens is 394 g/mol. The summed E-state index contributed by atoms with van der Waals surface area (Å²) in [6.07, 6.45) is 0. The highest BCUT2D eigenvalue weighted by atomic mass is 16.5. The van der Waals surface area contributed by atoms with Gasteiger partial charge in [-0.05, 0) is 42.7 Å². The second kappa shape index (κ2) is 11.2. The quantitative estimate of drug-likeness (QED) is 0.647. The van der Waals surface area contributed by atoms with Crippen LogP contribution in [0.5, 0.6) is 5.75 Å². The number of ether oxygens (including phenoxy) is 1. The summed E-state index contributed by atoms with van der Waals surface area (Å²) < 4.78 is 5.54. The molecule has 0 aliphatic heterocycles. The molecule has 3 amide bonds. The van der Waals surface area contributed by atoms with Gasteiger partial charge in [0.15, 0.2) is 0 Å². The van der Waals surface area contributed by atoms with Gasteiger partial charge in [-0.2, -0.15) is 0 Å². The van der Waals surface area contributed by atoms with Crippen LogP contribution in [0.25, 0.3) is 0 Å². The predicted molar refractivity (Wildman–Crippen MR) is 120 cm³/mol. The lowest BCUT2D eigenvalue weighted by molar-refractivity contribution is -0.133. The topological polar surface area (TPSA) is 87.7 Å². The lowest BCUT2D eigenvalue weighted by Crippen LogP contribution is -2.50. The molecule has 0 bridgehead atoms. The van der Waals surface area contributed by atoms with Gasteiger partial charge in [-0.3, -0.25) is 14.4 Å². The molecule has 0 aliphatic rings. The van der Waals surface area contributed by atoms with E-state index in [9.17, 15) is 14.4 Å². The summed E-state index contributed by atoms with van der Waals surface area (Å²) in [6, 6.07) is 13.4. The third-order valence-electron chi connectivity index (χ3n) is 4.89. The molecule has 0 saturated carbocycles. The minimum atomic E-state index is -0.683. The van der Waals surface area contributed by atoms with Gasteiger partial charge >= 0.3 is 0 Å². The summed E-state index contributed by atoms with van der Waals surface area (Å²) in [5, 5.41) is 5.44. The van der Waals surface area contributed by atoms with Crippen LogP contribution in [0.3, 0.4) is 0 Å². The number of hydrogen-bond donors (Lipinski definition) is 2. The molecule has 7 heteroatoms. The molecule has 0 unspecified atom stereocenters. The van der Waals surface area contributed by atoms with Crippen LogP contribution in [-0.4, -0.2) is 49.4 Å². The molecule has 2 aromatic carbocycles. The van der Waals surface area contributed by atoms with Crippen LogP contribution in [0.15, 0.2) is 48.5 Å². The van der Waals surface area contributed by atoms with Gasteiger partial charge in [0.05, 0.1) is 12.2 Å². The molecule has 31 heavy (non-hydrogen) atoms. The van der Waals surface area contributed by atoms with Crippen molar-refractivity contribution >= 4 is 17.7 Å². The van der Waals surface area contributed by atoms with Crippen LogP contribution in [0.4, 0.5) is 0 Å². The van der Waals surface area contributed by atoms with Crippen LogP contribution < -0.4 is 15.4 Å². The molecule has 2 N–H and O–H groups in total. The SMILES string of the molecule is CCOc1ccccc1C(=O)N[C@H](C(=O)N(C)Cc1ccc(C(=O)NC)cc1)C(C)C. The fourth-order valence-corrected chi connectivity index (χ4v) is 3.16. The van der Waals surface area contributed by atoms with Crippen molar-refractivity contribution in [2.45, 2.75) is 33.4 Å². The minimum Gasteiger partial charge on any atom is -0.493 e. The second-order valence-electron chi connectivity index (χ2n) is 7.59. The smallest absolute Gasteiger partial charge is 0.255 e. The number of carbonyl (C=O) groups is 3. The number of carbonyl (C=O) groups excluding carboxylic acids is 3. The van der Waals surface area contributed by atoms with Crippen molar-refractivity contribution in [2.75, 3.05) is 20.7 Å². The summed E-state index contributed by atoms with van der Waals surface area (Å²) in [7, 11) is 3.28. The molecule has 1 atom stereocenters. The third-order valence-corrected chi connectivity index (χ3v) is 4.89. The monoisotopic (exact) mass is 425 g/mol. The summed E-state index contributed by atoms with van der Waals surface area (Å²) in [6.45, 7) is 6.44. The first-order valence-electron chi connectivity index (χ1n) is 10.4. The highest BCUT2D eigenvalue weighted by Gasteiger charge is 2.28. The Bertz CT molecular complexity index is 909. The van der Waals surface area contributed by atoms with Crippen molar-refractivity contribution in [3.63, 3.8) is 0 Å². The summed E-state index contributed by atoms with van der Waals surface area (Å²) in [5.41, 5.74) is 1.84. The summed E-state index contributed by atoms with van der Waals surface area (Å²) in [5.74, 6) is -0.311. The lowest BCUT2D eigenvalue weighted by atomic mass is 10.0. The Morgan fingerprint density at radius 3 is 2.23 bits per heavy atom. The minimum absolute atomic E-state index is 0.103. The van der Waals surface area contributed by atoms with E-state index in [1.54, 1.807) is 55.4 Å². The fourth-order valence-electron chi connectivity index (χ4n) is 3.16. The Hall–Kier alpha value is -3.35. The first-order chi connectivity index (χ1) is 14.8. The molecule has 0 fully saturated rings. The average molecular weight is 426 g/mol. The fraction of sp³-hybridized carbons (Fsp3) is 0.375. The molecule has 7 nitrogen and oxygen atoms in total. The largest absolute Gasteiger partial charge is 0.493 e. The average Bonchev–Trinajstić information content (AvgIpc) is 2.77. The van der Waals surface area contributed by atoms with Gasteiger partial charge in [0.1, 0.15) is 11.8 Å². The van der Waals surface area contributed by atoms with Gasteiger partial charge in [0.25, 0.3) is 11.8 Å². The zero-order chi connectivity index (χ0) is 23.0. The van der Waals surface area contributed by atoms with Crippen molar-refractivity contribution in [3.05, 3.63) is 65.2 Å². The number of amides is 3. The van der Waals surface area contributed by atoms with Gasteiger partial charge in [-0.1, -0.05) is 38.1 Å². The Morgan fingerprint density at radius 1 is 1.00 bits per heavy atom. The second-order valence-corrected chi connectivity index (χ2v) is 7.59. The molecule has 0 radical (unpaired) electrons. The highest BCUT2D eigenvalue weighted by Crippen LogP contribution is 2.19. The van der Waals surface area contributed by atoms with Crippen molar-refractivity contribution in [3.8, 4) is 5.75 Å². The van der Waals surface area contributed by atoms with Gasteiger partial charge in [-0.15, -0.1) is 0 Å².